The van der Waals surface area contributed by atoms with Crippen molar-refractivity contribution >= 4 is 59.5 Å². The number of carboxylic acid groups (broad SMARTS) is 1. The van der Waals surface area contributed by atoms with Crippen LogP contribution < -0.4 is 36.1 Å². The molecule has 0 saturated carbocycles. The lowest BCUT2D eigenvalue weighted by molar-refractivity contribution is -0.143. The minimum Gasteiger partial charge on any atom is -0.491 e. The van der Waals surface area contributed by atoms with Crippen LogP contribution in [0.1, 0.15) is 116 Å². The summed E-state index contributed by atoms with van der Waals surface area (Å²) in [7, 11) is 1.36. The number of hydrogen-bond acceptors (Lipinski definition) is 13. The van der Waals surface area contributed by atoms with Crippen LogP contribution in [0.15, 0.2) is 84.9 Å². The lowest BCUT2D eigenvalue weighted by atomic mass is 9.93. The standard InChI is InChI=1S/C57H71ClN6O14/c1-33-47(65)63-43(51(69)70)31-34-15-25-45(75-54(73)78-57(8,9)10)40(30-34)41-32-38(22-26-44(41)74-29-28-60-53(72)77-56(5,6)7)46(49(67)61-33)64(11)50(68)42(14-12-13-27-59-52(71)76-55(2,3)4)62-48(66)37-18-16-35(17-19-37)36-20-23-39(58)24-21-36/h15-26,30,32-33,42-43,46H,12-14,27-29,31H2,1-11H3,(H,59,71)(H,60,72)(H,61,67)(H,62,66)(H,63,65)(H,69,70)/t33-,42-,43-,46-/m0/s1. The summed E-state index contributed by atoms with van der Waals surface area (Å²) in [4.78, 5) is 110. The number of aliphatic carboxylic acids is 1. The van der Waals surface area contributed by atoms with Crippen LogP contribution >= 0.6 is 11.6 Å². The lowest BCUT2D eigenvalue weighted by Gasteiger charge is -2.32. The van der Waals surface area contributed by atoms with E-state index in [1.807, 2.05) is 12.1 Å². The Morgan fingerprint density at radius 3 is 1.86 bits per heavy atom. The quantitative estimate of drug-likeness (QED) is 0.0266. The van der Waals surface area contributed by atoms with Crippen molar-refractivity contribution in [3.8, 4) is 33.8 Å². The summed E-state index contributed by atoms with van der Waals surface area (Å²) in [5, 5.41) is 24.2. The zero-order valence-electron chi connectivity index (χ0n) is 45.9. The number of fused-ring (bicyclic) bond motifs is 5. The number of carboxylic acids is 1. The molecular formula is C57H71ClN6O14. The van der Waals surface area contributed by atoms with Gasteiger partial charge in [-0.25, -0.2) is 19.2 Å². The van der Waals surface area contributed by atoms with E-state index in [1.165, 1.54) is 50.4 Å². The SMILES string of the molecule is C[C@@H]1NC(=O)[C@@H](N(C)C(=O)[C@H](CCCCNC(=O)OC(C)(C)C)NC(=O)c2ccc(-c3ccc(Cl)cc3)cc2)c2ccc(OCCNC(=O)OC(C)(C)C)c(c2)-c2cc(ccc2OC(=O)OC(C)(C)C)C[C@@H](C(=O)O)NC1=O. The van der Waals surface area contributed by atoms with Gasteiger partial charge in [-0.05, 0) is 159 Å². The number of halogens is 1. The van der Waals surface area contributed by atoms with Crippen molar-refractivity contribution in [3.05, 3.63) is 107 Å². The summed E-state index contributed by atoms with van der Waals surface area (Å²) in [5.74, 6) is -4.37. The van der Waals surface area contributed by atoms with Gasteiger partial charge in [-0.2, -0.15) is 0 Å². The van der Waals surface area contributed by atoms with Crippen LogP contribution in [0.3, 0.4) is 0 Å². The molecule has 5 rings (SSSR count). The highest BCUT2D eigenvalue weighted by molar-refractivity contribution is 6.30. The second-order valence-corrected chi connectivity index (χ2v) is 22.1. The van der Waals surface area contributed by atoms with E-state index in [4.69, 9.17) is 35.3 Å². The monoisotopic (exact) mass is 1100 g/mol. The van der Waals surface area contributed by atoms with Crippen molar-refractivity contribution in [1.82, 2.24) is 31.5 Å². The highest BCUT2D eigenvalue weighted by Gasteiger charge is 2.36. The number of alkyl carbamates (subject to hydrolysis) is 2. The fraction of sp³-hybridized carbons (Fsp3) is 0.439. The Bertz CT molecular complexity index is 2820. The smallest absolute Gasteiger partial charge is 0.491 e. The summed E-state index contributed by atoms with van der Waals surface area (Å²) in [5.41, 5.74) is 0.260. The Kier molecular flexibility index (Phi) is 20.7. The van der Waals surface area contributed by atoms with E-state index in [9.17, 15) is 38.7 Å². The van der Waals surface area contributed by atoms with E-state index in [0.29, 0.717) is 23.4 Å². The maximum Gasteiger partial charge on any atom is 0.514 e. The largest absolute Gasteiger partial charge is 0.514 e. The number of amides is 6. The van der Waals surface area contributed by atoms with Crippen molar-refractivity contribution < 1.29 is 67.1 Å². The van der Waals surface area contributed by atoms with Gasteiger partial charge in [0.15, 0.2) is 0 Å². The first kappa shape index (κ1) is 61.0. The van der Waals surface area contributed by atoms with Gasteiger partial charge in [-0.3, -0.25) is 19.2 Å². The number of carbonyl (C=O) groups is 8. The highest BCUT2D eigenvalue weighted by atomic mass is 35.5. The predicted molar refractivity (Wildman–Crippen MR) is 291 cm³/mol. The van der Waals surface area contributed by atoms with Crippen LogP contribution in [0.2, 0.25) is 5.02 Å². The predicted octanol–water partition coefficient (Wildman–Crippen LogP) is 8.51. The van der Waals surface area contributed by atoms with Crippen LogP contribution in [-0.4, -0.2) is 120 Å². The molecule has 1 aliphatic rings. The third kappa shape index (κ3) is 18.7. The van der Waals surface area contributed by atoms with Gasteiger partial charge < -0.3 is 60.3 Å². The number of rotatable bonds is 16. The summed E-state index contributed by atoms with van der Waals surface area (Å²) < 4.78 is 28.3. The Balaban J connectivity index is 1.61. The maximum atomic E-state index is 15.1. The molecule has 0 unspecified atom stereocenters. The van der Waals surface area contributed by atoms with E-state index in [-0.39, 0.29) is 66.3 Å². The van der Waals surface area contributed by atoms with Gasteiger partial charge in [0.05, 0.1) is 6.54 Å². The second-order valence-electron chi connectivity index (χ2n) is 21.6. The van der Waals surface area contributed by atoms with Gasteiger partial charge in [0.2, 0.25) is 17.7 Å². The molecule has 420 valence electrons. The van der Waals surface area contributed by atoms with E-state index in [2.05, 4.69) is 26.6 Å². The summed E-state index contributed by atoms with van der Waals surface area (Å²) in [6, 6.07) is 17.2. The van der Waals surface area contributed by atoms with E-state index < -0.39 is 88.9 Å². The fourth-order valence-electron chi connectivity index (χ4n) is 7.99. The van der Waals surface area contributed by atoms with Crippen LogP contribution in [0.4, 0.5) is 14.4 Å². The molecule has 1 heterocycles. The lowest BCUT2D eigenvalue weighted by Crippen LogP contribution is -2.54. The van der Waals surface area contributed by atoms with Crippen LogP contribution in [0, 0.1) is 0 Å². The molecule has 4 atom stereocenters. The Morgan fingerprint density at radius 2 is 1.27 bits per heavy atom. The van der Waals surface area contributed by atoms with Gasteiger partial charge in [0.25, 0.3) is 5.91 Å². The van der Waals surface area contributed by atoms with Gasteiger partial charge in [-0.15, -0.1) is 0 Å². The van der Waals surface area contributed by atoms with Crippen molar-refractivity contribution in [1.29, 1.82) is 0 Å². The number of nitrogens with zero attached hydrogens (tertiary/aromatic N) is 1. The molecule has 0 fully saturated rings. The molecule has 78 heavy (non-hydrogen) atoms. The number of carbonyl (C=O) groups excluding carboxylic acids is 7. The number of benzene rings is 4. The number of ether oxygens (including phenoxy) is 5. The molecule has 21 heteroatoms. The van der Waals surface area contributed by atoms with Crippen molar-refractivity contribution in [2.24, 2.45) is 0 Å². The molecule has 0 aliphatic carbocycles. The molecule has 4 aromatic carbocycles. The minimum absolute atomic E-state index is 0.0327. The van der Waals surface area contributed by atoms with Crippen LogP contribution in [0.25, 0.3) is 22.3 Å². The molecule has 20 nitrogen and oxygen atoms in total. The summed E-state index contributed by atoms with van der Waals surface area (Å²) in [6.07, 6.45) is -1.97. The van der Waals surface area contributed by atoms with Crippen LogP contribution in [0.5, 0.6) is 11.5 Å². The Hall–Kier alpha value is -7.87. The molecule has 4 bridgehead atoms. The molecule has 0 saturated heterocycles. The number of hydrogen-bond donors (Lipinski definition) is 6. The maximum absolute atomic E-state index is 15.1. The molecule has 1 aliphatic heterocycles. The van der Waals surface area contributed by atoms with Crippen molar-refractivity contribution in [3.63, 3.8) is 0 Å². The van der Waals surface area contributed by atoms with Crippen molar-refractivity contribution in [2.75, 3.05) is 26.7 Å². The van der Waals surface area contributed by atoms with Crippen LogP contribution in [-0.2, 0) is 39.8 Å². The molecule has 0 aromatic heterocycles. The number of nitrogens with one attached hydrogen (secondary N) is 5. The van der Waals surface area contributed by atoms with Gasteiger partial charge in [0.1, 0.15) is 59.1 Å². The molecule has 0 radical (unpaired) electrons. The van der Waals surface area contributed by atoms with Gasteiger partial charge in [-0.1, -0.05) is 48.0 Å². The average molecular weight is 1100 g/mol. The zero-order valence-corrected chi connectivity index (χ0v) is 46.7. The van der Waals surface area contributed by atoms with Crippen molar-refractivity contribution in [2.45, 2.75) is 136 Å². The highest BCUT2D eigenvalue weighted by Crippen LogP contribution is 2.41. The first-order valence-corrected chi connectivity index (χ1v) is 25.9. The molecule has 4 aromatic rings. The fourth-order valence-corrected chi connectivity index (χ4v) is 8.12. The normalized spacial score (nSPS) is 16.1. The third-order valence-corrected chi connectivity index (χ3v) is 11.8. The zero-order chi connectivity index (χ0) is 57.7. The number of unbranched alkanes of at least 4 members (excludes halogenated alkanes) is 1. The second kappa shape index (κ2) is 26.5. The Labute approximate surface area is 459 Å². The topological polar surface area (TPSA) is 266 Å². The average Bonchev–Trinajstić information content (AvgIpc) is 3.38. The molecule has 6 amide bonds. The third-order valence-electron chi connectivity index (χ3n) is 11.6. The summed E-state index contributed by atoms with van der Waals surface area (Å²) >= 11 is 6.10. The first-order valence-electron chi connectivity index (χ1n) is 25.5. The molecule has 0 spiro atoms. The molecular weight excluding hydrogens is 1030 g/mol. The Morgan fingerprint density at radius 1 is 0.705 bits per heavy atom. The number of likely N-dealkylation sites (N-methyl/N-ethyl adjacent to an activating group) is 1. The van der Waals surface area contributed by atoms with E-state index in [0.717, 1.165) is 16.0 Å². The minimum atomic E-state index is -1.57. The van der Waals surface area contributed by atoms with E-state index in [1.54, 1.807) is 98.7 Å². The molecule has 6 N–H and O–H groups in total. The van der Waals surface area contributed by atoms with Gasteiger partial charge >= 0.3 is 24.3 Å². The summed E-state index contributed by atoms with van der Waals surface area (Å²) in [6.45, 7) is 16.7. The first-order chi connectivity index (χ1) is 36.5. The van der Waals surface area contributed by atoms with E-state index >= 15 is 4.79 Å². The van der Waals surface area contributed by atoms with Gasteiger partial charge in [0, 0.05) is 41.7 Å².